The third-order valence-electron chi connectivity index (χ3n) is 2.07. The monoisotopic (exact) mass is 206 g/mol. The molecule has 0 N–H and O–H groups in total. The molecule has 4 nitrogen and oxygen atoms in total. The van der Waals surface area contributed by atoms with Gasteiger partial charge >= 0.3 is 18.9 Å². The maximum atomic E-state index is 10.8. The zero-order chi connectivity index (χ0) is 9.80. The average molecular weight is 206 g/mol. The number of aryl methyl sites for hydroxylation is 2. The smallest absolute Gasteiger partial charge is 0.744 e. The molecule has 0 unspecified atom stereocenters. The van der Waals surface area contributed by atoms with Crippen molar-refractivity contribution in [2.24, 2.45) is 0 Å². The first-order valence-electron chi connectivity index (χ1n) is 3.69. The van der Waals surface area contributed by atoms with E-state index < -0.39 is 10.1 Å². The molecule has 0 aromatic carbocycles. The number of furan rings is 2. The second-order valence-electron chi connectivity index (χ2n) is 3.03. The number of benzene rings is 1. The molecule has 0 saturated heterocycles. The van der Waals surface area contributed by atoms with E-state index in [0.717, 1.165) is 5.56 Å². The Balaban J connectivity index is 0.000000980. The SMILES string of the molecule is Cc1cc2oc1c(C)c2S(=O)(=O)[O-].[Li+]. The van der Waals surface area contributed by atoms with Crippen molar-refractivity contribution < 1.29 is 36.2 Å². The Morgan fingerprint density at radius 1 is 1.36 bits per heavy atom. The first kappa shape index (κ1) is 11.6. The Labute approximate surface area is 93.5 Å². The number of fused-ring (bicyclic) bond motifs is 2. The summed E-state index contributed by atoms with van der Waals surface area (Å²) in [4.78, 5) is -0.215. The molecule has 0 aliphatic heterocycles. The van der Waals surface area contributed by atoms with Crippen molar-refractivity contribution in [3.05, 3.63) is 17.2 Å². The summed E-state index contributed by atoms with van der Waals surface area (Å²) in [6.07, 6.45) is 0. The Kier molecular flexibility index (Phi) is 2.72. The fraction of sp³-hybridized carbons (Fsp3) is 0.250. The van der Waals surface area contributed by atoms with Crippen molar-refractivity contribution in [3.63, 3.8) is 0 Å². The van der Waals surface area contributed by atoms with Crippen molar-refractivity contribution in [3.8, 4) is 0 Å². The van der Waals surface area contributed by atoms with Crippen molar-refractivity contribution >= 4 is 21.3 Å². The zero-order valence-corrected chi connectivity index (χ0v) is 8.94. The van der Waals surface area contributed by atoms with Crippen molar-refractivity contribution in [1.82, 2.24) is 0 Å². The Hall–Kier alpha value is -0.473. The molecule has 0 aliphatic rings. The van der Waals surface area contributed by atoms with Gasteiger partial charge in [0.15, 0.2) is 0 Å². The van der Waals surface area contributed by atoms with Crippen LogP contribution in [0.4, 0.5) is 0 Å². The molecule has 0 amide bonds. The van der Waals surface area contributed by atoms with Gasteiger partial charge in [0.05, 0.1) is 0 Å². The second kappa shape index (κ2) is 3.28. The molecule has 0 fully saturated rings. The minimum Gasteiger partial charge on any atom is -0.744 e. The zero-order valence-electron chi connectivity index (χ0n) is 8.12. The summed E-state index contributed by atoms with van der Waals surface area (Å²) in [5.74, 6) is 0. The van der Waals surface area contributed by atoms with Crippen LogP contribution in [0, 0.1) is 13.8 Å². The molecule has 2 aromatic heterocycles. The van der Waals surface area contributed by atoms with Gasteiger partial charge in [0.2, 0.25) is 0 Å². The van der Waals surface area contributed by atoms with Crippen molar-refractivity contribution in [2.45, 2.75) is 18.7 Å². The van der Waals surface area contributed by atoms with Crippen LogP contribution >= 0.6 is 0 Å². The number of rotatable bonds is 1. The molecule has 2 bridgehead atoms. The van der Waals surface area contributed by atoms with Crippen LogP contribution in [0.15, 0.2) is 15.4 Å². The molecule has 0 saturated carbocycles. The third-order valence-corrected chi connectivity index (χ3v) is 3.08. The predicted molar refractivity (Wildman–Crippen MR) is 44.8 cm³/mol. The molecule has 70 valence electrons. The summed E-state index contributed by atoms with van der Waals surface area (Å²) in [5.41, 5.74) is 1.95. The summed E-state index contributed by atoms with van der Waals surface area (Å²) in [7, 11) is -4.40. The van der Waals surface area contributed by atoms with Crippen LogP contribution in [0.5, 0.6) is 0 Å². The van der Waals surface area contributed by atoms with Crippen LogP contribution in [0.1, 0.15) is 11.1 Å². The van der Waals surface area contributed by atoms with Gasteiger partial charge in [0.1, 0.15) is 26.2 Å². The van der Waals surface area contributed by atoms with E-state index >= 15 is 0 Å². The fourth-order valence-electron chi connectivity index (χ4n) is 1.56. The molecule has 0 atom stereocenters. The molecule has 14 heavy (non-hydrogen) atoms. The van der Waals surface area contributed by atoms with Gasteiger partial charge in [-0.1, -0.05) is 0 Å². The van der Waals surface area contributed by atoms with E-state index in [1.807, 2.05) is 0 Å². The quantitative estimate of drug-likeness (QED) is 0.416. The topological polar surface area (TPSA) is 70.3 Å². The number of hydrogen-bond donors (Lipinski definition) is 0. The van der Waals surface area contributed by atoms with Gasteiger partial charge in [0, 0.05) is 5.56 Å². The summed E-state index contributed by atoms with van der Waals surface area (Å²) in [6, 6.07) is 1.56. The summed E-state index contributed by atoms with van der Waals surface area (Å²) in [5, 5.41) is 0. The van der Waals surface area contributed by atoms with Gasteiger partial charge in [-0.2, -0.15) is 0 Å². The van der Waals surface area contributed by atoms with Gasteiger partial charge in [-0.3, -0.25) is 0 Å². The van der Waals surface area contributed by atoms with E-state index in [4.69, 9.17) is 4.42 Å². The Morgan fingerprint density at radius 2 is 1.93 bits per heavy atom. The molecular formula is C8H7LiO4S. The molecule has 0 spiro atoms. The summed E-state index contributed by atoms with van der Waals surface area (Å²) in [6.45, 7) is 3.38. The predicted octanol–water partition coefficient (Wildman–Crippen LogP) is -1.60. The van der Waals surface area contributed by atoms with Gasteiger partial charge in [-0.25, -0.2) is 8.42 Å². The molecule has 0 radical (unpaired) electrons. The maximum Gasteiger partial charge on any atom is 1.00 e. The average Bonchev–Trinajstić information content (AvgIpc) is 2.40. The van der Waals surface area contributed by atoms with E-state index in [-0.39, 0.29) is 29.3 Å². The normalized spacial score (nSPS) is 11.9. The Morgan fingerprint density at radius 3 is 2.29 bits per heavy atom. The molecule has 2 aromatic rings. The second-order valence-corrected chi connectivity index (χ2v) is 4.35. The minimum atomic E-state index is -4.40. The number of hydrogen-bond acceptors (Lipinski definition) is 4. The van der Waals surface area contributed by atoms with E-state index in [1.165, 1.54) is 0 Å². The van der Waals surface area contributed by atoms with E-state index in [1.54, 1.807) is 19.9 Å². The molecule has 2 heterocycles. The van der Waals surface area contributed by atoms with Crippen LogP contribution in [0.3, 0.4) is 0 Å². The molecular weight excluding hydrogens is 199 g/mol. The first-order valence-corrected chi connectivity index (χ1v) is 5.10. The van der Waals surface area contributed by atoms with Gasteiger partial charge in [0.25, 0.3) is 0 Å². The minimum absolute atomic E-state index is 0. The van der Waals surface area contributed by atoms with Gasteiger partial charge in [-0.05, 0) is 25.5 Å². The third kappa shape index (κ3) is 1.47. The van der Waals surface area contributed by atoms with Crippen LogP contribution in [0.2, 0.25) is 0 Å². The van der Waals surface area contributed by atoms with Crippen LogP contribution < -0.4 is 18.9 Å². The maximum absolute atomic E-state index is 10.8. The van der Waals surface area contributed by atoms with Crippen molar-refractivity contribution in [2.75, 3.05) is 0 Å². The largest absolute Gasteiger partial charge is 1.00 e. The molecule has 2 rings (SSSR count). The first-order chi connectivity index (χ1) is 5.91. The summed E-state index contributed by atoms with van der Waals surface area (Å²) < 4.78 is 37.5. The molecule has 0 aliphatic carbocycles. The van der Waals surface area contributed by atoms with E-state index in [2.05, 4.69) is 0 Å². The van der Waals surface area contributed by atoms with E-state index in [9.17, 15) is 13.0 Å². The van der Waals surface area contributed by atoms with Crippen molar-refractivity contribution in [1.29, 1.82) is 0 Å². The van der Waals surface area contributed by atoms with Crippen LogP contribution in [-0.2, 0) is 10.1 Å². The van der Waals surface area contributed by atoms with Gasteiger partial charge < -0.3 is 8.97 Å². The standard InChI is InChI=1S/C8H8O4S.Li/c1-4-3-6-8(13(9,10)11)5(2)7(4)12-6;/h3H,1-2H3,(H,9,10,11);/q;+1/p-1. The van der Waals surface area contributed by atoms with Gasteiger partial charge in [-0.15, -0.1) is 0 Å². The van der Waals surface area contributed by atoms with Crippen LogP contribution in [0.25, 0.3) is 11.2 Å². The van der Waals surface area contributed by atoms with E-state index in [0.29, 0.717) is 11.1 Å². The Bertz CT molecular complexity index is 555. The fourth-order valence-corrected chi connectivity index (χ4v) is 2.38. The summed E-state index contributed by atoms with van der Waals surface area (Å²) >= 11 is 0. The molecule has 6 heteroatoms. The van der Waals surface area contributed by atoms with Crippen LogP contribution in [-0.4, -0.2) is 13.0 Å².